The van der Waals surface area contributed by atoms with E-state index < -0.39 is 6.10 Å². The zero-order chi connectivity index (χ0) is 24.3. The molecule has 4 aromatic rings. The number of piperidine rings is 1. The Morgan fingerprint density at radius 2 is 1.92 bits per heavy atom. The van der Waals surface area contributed by atoms with Crippen LogP contribution >= 0.6 is 0 Å². The van der Waals surface area contributed by atoms with Crippen molar-refractivity contribution in [2.24, 2.45) is 0 Å². The molecule has 0 spiro atoms. The van der Waals surface area contributed by atoms with E-state index in [4.69, 9.17) is 9.72 Å². The molecule has 1 atom stereocenters. The second kappa shape index (κ2) is 10.4. The van der Waals surface area contributed by atoms with Gasteiger partial charge in [-0.15, -0.1) is 0 Å². The maximum Gasteiger partial charge on any atom is 0.161 e. The minimum atomic E-state index is -0.556. The summed E-state index contributed by atoms with van der Waals surface area (Å²) in [7, 11) is 0. The molecular weight excluding hydrogens is 450 g/mol. The quantitative estimate of drug-likeness (QED) is 0.416. The predicted molar refractivity (Wildman–Crippen MR) is 141 cm³/mol. The maximum atomic E-state index is 10.6. The Labute approximate surface area is 211 Å². The van der Waals surface area contributed by atoms with E-state index in [1.54, 1.807) is 0 Å². The van der Waals surface area contributed by atoms with Crippen LogP contribution in [-0.2, 0) is 13.0 Å². The summed E-state index contributed by atoms with van der Waals surface area (Å²) in [6, 6.07) is 19.0. The molecule has 6 rings (SSSR count). The van der Waals surface area contributed by atoms with Gasteiger partial charge in [0.05, 0.1) is 0 Å². The number of nitrogens with zero attached hydrogens (tertiary/aromatic N) is 4. The standard InChI is InChI=1S/C29H33N5O2/c35-26(19-33-14-10-21-4-1-2-5-24(21)18-33)20-36-27-7-3-6-22(16-27)28-31-17-23-11-15-34(29(23)32-28)25-8-12-30-13-9-25/h1-7,11,15-17,25-26,30,35H,8-10,12-14,18-20H2. The molecule has 1 unspecified atom stereocenters. The van der Waals surface area contributed by atoms with E-state index in [0.717, 1.165) is 62.0 Å². The van der Waals surface area contributed by atoms with Crippen molar-refractivity contribution in [2.75, 3.05) is 32.8 Å². The summed E-state index contributed by atoms with van der Waals surface area (Å²) in [5.41, 5.74) is 4.67. The van der Waals surface area contributed by atoms with Gasteiger partial charge in [0.15, 0.2) is 5.82 Å². The summed E-state index contributed by atoms with van der Waals surface area (Å²) in [6.07, 6.45) is 6.73. The number of benzene rings is 2. The number of hydrogen-bond acceptors (Lipinski definition) is 6. The molecule has 2 N–H and O–H groups in total. The number of β-amino-alcohol motifs (C(OH)–C–C–N with tert-alkyl or cyclic N) is 1. The second-order valence-corrected chi connectivity index (χ2v) is 9.92. The first-order valence-electron chi connectivity index (χ1n) is 13.0. The van der Waals surface area contributed by atoms with E-state index in [2.05, 4.69) is 56.3 Å². The molecule has 2 aliphatic rings. The lowest BCUT2D eigenvalue weighted by atomic mass is 10.00. The average molecular weight is 484 g/mol. The molecule has 4 heterocycles. The fraction of sp³-hybridized carbons (Fsp3) is 0.379. The summed E-state index contributed by atoms with van der Waals surface area (Å²) in [6.45, 7) is 4.77. The van der Waals surface area contributed by atoms with Gasteiger partial charge in [0.25, 0.3) is 0 Å². The van der Waals surface area contributed by atoms with Crippen LogP contribution in [0.4, 0.5) is 0 Å². The van der Waals surface area contributed by atoms with Gasteiger partial charge >= 0.3 is 0 Å². The third kappa shape index (κ3) is 5.00. The van der Waals surface area contributed by atoms with E-state index in [1.165, 1.54) is 11.1 Å². The summed E-state index contributed by atoms with van der Waals surface area (Å²) in [5, 5.41) is 15.1. The summed E-state index contributed by atoms with van der Waals surface area (Å²) in [5.74, 6) is 1.40. The van der Waals surface area contributed by atoms with Crippen molar-refractivity contribution in [2.45, 2.75) is 38.0 Å². The van der Waals surface area contributed by atoms with Crippen molar-refractivity contribution in [3.63, 3.8) is 0 Å². The number of hydrogen-bond donors (Lipinski definition) is 2. The van der Waals surface area contributed by atoms with Crippen molar-refractivity contribution < 1.29 is 9.84 Å². The molecule has 0 bridgehead atoms. The van der Waals surface area contributed by atoms with Crippen LogP contribution in [0.1, 0.15) is 30.0 Å². The minimum Gasteiger partial charge on any atom is -0.491 e. The Balaban J connectivity index is 1.11. The molecule has 186 valence electrons. The van der Waals surface area contributed by atoms with Crippen LogP contribution in [0.5, 0.6) is 5.75 Å². The molecular formula is C29H33N5O2. The third-order valence-electron chi connectivity index (χ3n) is 7.37. The number of aromatic nitrogens is 3. The van der Waals surface area contributed by atoms with Gasteiger partial charge in [-0.1, -0.05) is 36.4 Å². The first kappa shape index (κ1) is 23.2. The lowest BCUT2D eigenvalue weighted by Gasteiger charge is -2.30. The van der Waals surface area contributed by atoms with E-state index in [0.29, 0.717) is 24.2 Å². The Morgan fingerprint density at radius 1 is 1.06 bits per heavy atom. The molecule has 0 radical (unpaired) electrons. The smallest absolute Gasteiger partial charge is 0.161 e. The molecule has 0 saturated carbocycles. The Bertz CT molecular complexity index is 1330. The van der Waals surface area contributed by atoms with E-state index >= 15 is 0 Å². The summed E-state index contributed by atoms with van der Waals surface area (Å²) in [4.78, 5) is 11.9. The lowest BCUT2D eigenvalue weighted by Crippen LogP contribution is -2.38. The van der Waals surface area contributed by atoms with Gasteiger partial charge in [-0.25, -0.2) is 9.97 Å². The fourth-order valence-electron chi connectivity index (χ4n) is 5.43. The average Bonchev–Trinajstić information content (AvgIpc) is 3.36. The molecule has 7 nitrogen and oxygen atoms in total. The number of aliphatic hydroxyl groups excluding tert-OH is 1. The van der Waals surface area contributed by atoms with Gasteiger partial charge < -0.3 is 19.7 Å². The molecule has 1 fully saturated rings. The van der Waals surface area contributed by atoms with Crippen molar-refractivity contribution in [1.29, 1.82) is 0 Å². The van der Waals surface area contributed by atoms with E-state index in [-0.39, 0.29) is 6.61 Å². The molecule has 7 heteroatoms. The molecule has 0 aliphatic carbocycles. The normalized spacial score (nSPS) is 17.7. The van der Waals surface area contributed by atoms with Crippen LogP contribution in [0, 0.1) is 0 Å². The highest BCUT2D eigenvalue weighted by Gasteiger charge is 2.20. The number of aliphatic hydroxyl groups is 1. The van der Waals surface area contributed by atoms with E-state index in [9.17, 15) is 5.11 Å². The highest BCUT2D eigenvalue weighted by molar-refractivity contribution is 5.77. The van der Waals surface area contributed by atoms with Crippen molar-refractivity contribution in [3.05, 3.63) is 78.1 Å². The fourth-order valence-corrected chi connectivity index (χ4v) is 5.43. The zero-order valence-electron chi connectivity index (χ0n) is 20.5. The van der Waals surface area contributed by atoms with E-state index in [1.807, 2.05) is 30.5 Å². The van der Waals surface area contributed by atoms with Gasteiger partial charge in [0.1, 0.15) is 24.1 Å². The Kier molecular flexibility index (Phi) is 6.68. The summed E-state index contributed by atoms with van der Waals surface area (Å²) < 4.78 is 8.29. The van der Waals surface area contributed by atoms with Crippen LogP contribution in [0.3, 0.4) is 0 Å². The molecule has 2 aromatic carbocycles. The number of ether oxygens (including phenoxy) is 1. The highest BCUT2D eigenvalue weighted by Crippen LogP contribution is 2.27. The van der Waals surface area contributed by atoms with Gasteiger partial charge in [-0.3, -0.25) is 4.90 Å². The van der Waals surface area contributed by atoms with Gasteiger partial charge in [0, 0.05) is 49.0 Å². The molecule has 2 aromatic heterocycles. The zero-order valence-corrected chi connectivity index (χ0v) is 20.5. The van der Waals surface area contributed by atoms with Crippen LogP contribution in [0.2, 0.25) is 0 Å². The third-order valence-corrected chi connectivity index (χ3v) is 7.37. The number of rotatable bonds is 7. The molecule has 1 saturated heterocycles. The van der Waals surface area contributed by atoms with Crippen LogP contribution < -0.4 is 10.1 Å². The Hall–Kier alpha value is -3.26. The molecule has 2 aliphatic heterocycles. The maximum absolute atomic E-state index is 10.6. The Morgan fingerprint density at radius 3 is 2.81 bits per heavy atom. The molecule has 0 amide bonds. The largest absolute Gasteiger partial charge is 0.491 e. The second-order valence-electron chi connectivity index (χ2n) is 9.92. The van der Waals surface area contributed by atoms with Crippen molar-refractivity contribution >= 4 is 11.0 Å². The van der Waals surface area contributed by atoms with Crippen LogP contribution in [0.25, 0.3) is 22.4 Å². The minimum absolute atomic E-state index is 0.250. The first-order valence-corrected chi connectivity index (χ1v) is 13.0. The number of fused-ring (bicyclic) bond motifs is 2. The van der Waals surface area contributed by atoms with Gasteiger partial charge in [-0.2, -0.15) is 0 Å². The SMILES string of the molecule is OC(COc1cccc(-c2ncc3ccn(C4CCNCC4)c3n2)c1)CN1CCc2ccccc2C1. The number of nitrogens with one attached hydrogen (secondary N) is 1. The van der Waals surface area contributed by atoms with Crippen LogP contribution in [0.15, 0.2) is 67.0 Å². The predicted octanol–water partition coefficient (Wildman–Crippen LogP) is 3.82. The topological polar surface area (TPSA) is 75.4 Å². The summed E-state index contributed by atoms with van der Waals surface area (Å²) >= 11 is 0. The first-order chi connectivity index (χ1) is 17.7. The van der Waals surface area contributed by atoms with Crippen LogP contribution in [-0.4, -0.2) is 63.4 Å². The van der Waals surface area contributed by atoms with Gasteiger partial charge in [0.2, 0.25) is 0 Å². The van der Waals surface area contributed by atoms with Crippen molar-refractivity contribution in [1.82, 2.24) is 24.8 Å². The molecule has 36 heavy (non-hydrogen) atoms. The highest BCUT2D eigenvalue weighted by atomic mass is 16.5. The van der Waals surface area contributed by atoms with Crippen molar-refractivity contribution in [3.8, 4) is 17.1 Å². The van der Waals surface area contributed by atoms with Gasteiger partial charge in [-0.05, 0) is 61.7 Å². The lowest BCUT2D eigenvalue weighted by molar-refractivity contribution is 0.0638. The monoisotopic (exact) mass is 483 g/mol.